The van der Waals surface area contributed by atoms with Crippen LogP contribution in [0.3, 0.4) is 0 Å². The van der Waals surface area contributed by atoms with Crippen LogP contribution < -0.4 is 10.1 Å². The Morgan fingerprint density at radius 3 is 2.39 bits per heavy atom. The second-order valence-electron chi connectivity index (χ2n) is 4.47. The molecule has 4 nitrogen and oxygen atoms in total. The molecule has 0 saturated heterocycles. The van der Waals surface area contributed by atoms with Crippen molar-refractivity contribution in [1.29, 1.82) is 0 Å². The van der Waals surface area contributed by atoms with Gasteiger partial charge in [0, 0.05) is 18.7 Å². The van der Waals surface area contributed by atoms with Crippen LogP contribution in [0.4, 0.5) is 0 Å². The molecule has 0 heterocycles. The summed E-state index contributed by atoms with van der Waals surface area (Å²) < 4.78 is 28.2. The van der Waals surface area contributed by atoms with Crippen LogP contribution in [0.1, 0.15) is 13.8 Å². The van der Waals surface area contributed by atoms with Crippen LogP contribution in [0.5, 0.6) is 5.75 Å². The Labute approximate surface area is 109 Å². The Bertz CT molecular complexity index is 454. The fourth-order valence-corrected chi connectivity index (χ4v) is 2.10. The van der Waals surface area contributed by atoms with Gasteiger partial charge < -0.3 is 10.1 Å². The predicted octanol–water partition coefficient (Wildman–Crippen LogP) is 1.71. The minimum atomic E-state index is -3.13. The Hall–Kier alpha value is -1.07. The van der Waals surface area contributed by atoms with Crippen LogP contribution in [-0.4, -0.2) is 34.4 Å². The standard InChI is InChI=1S/C13H21NO3S/c1-4-14-9-11(2)10-17-12-5-7-13(8-6-12)18(3,15)16/h5-8,11,14H,4,9-10H2,1-3H3. The number of rotatable bonds is 7. The van der Waals surface area contributed by atoms with E-state index >= 15 is 0 Å². The van der Waals surface area contributed by atoms with E-state index in [2.05, 4.69) is 19.2 Å². The first-order valence-corrected chi connectivity index (χ1v) is 7.96. The highest BCUT2D eigenvalue weighted by Gasteiger charge is 2.07. The van der Waals surface area contributed by atoms with E-state index < -0.39 is 9.84 Å². The first-order valence-electron chi connectivity index (χ1n) is 6.07. The molecular weight excluding hydrogens is 250 g/mol. The van der Waals surface area contributed by atoms with Gasteiger partial charge in [0.2, 0.25) is 0 Å². The molecule has 1 atom stereocenters. The van der Waals surface area contributed by atoms with Gasteiger partial charge >= 0.3 is 0 Å². The van der Waals surface area contributed by atoms with Crippen molar-refractivity contribution >= 4 is 9.84 Å². The molecule has 0 amide bonds. The highest BCUT2D eigenvalue weighted by molar-refractivity contribution is 7.90. The summed E-state index contributed by atoms with van der Waals surface area (Å²) in [6.07, 6.45) is 1.20. The van der Waals surface area contributed by atoms with E-state index in [-0.39, 0.29) is 0 Å². The number of hydrogen-bond acceptors (Lipinski definition) is 4. The van der Waals surface area contributed by atoms with Crippen molar-refractivity contribution in [1.82, 2.24) is 5.32 Å². The fourth-order valence-electron chi connectivity index (χ4n) is 1.47. The van der Waals surface area contributed by atoms with E-state index in [0.717, 1.165) is 13.1 Å². The van der Waals surface area contributed by atoms with Gasteiger partial charge in [-0.3, -0.25) is 0 Å². The molecule has 0 saturated carbocycles. The summed E-state index contributed by atoms with van der Waals surface area (Å²) in [7, 11) is -3.13. The molecule has 5 heteroatoms. The first kappa shape index (κ1) is 15.0. The van der Waals surface area contributed by atoms with Crippen LogP contribution in [0.25, 0.3) is 0 Å². The molecule has 1 rings (SSSR count). The predicted molar refractivity (Wildman–Crippen MR) is 72.8 cm³/mol. The van der Waals surface area contributed by atoms with Gasteiger partial charge in [0.05, 0.1) is 11.5 Å². The van der Waals surface area contributed by atoms with Crippen LogP contribution in [0.15, 0.2) is 29.2 Å². The van der Waals surface area contributed by atoms with Crippen LogP contribution in [-0.2, 0) is 9.84 Å². The molecule has 1 unspecified atom stereocenters. The van der Waals surface area contributed by atoms with Crippen molar-refractivity contribution in [2.75, 3.05) is 26.0 Å². The minimum Gasteiger partial charge on any atom is -0.493 e. The van der Waals surface area contributed by atoms with Crippen molar-refractivity contribution in [3.63, 3.8) is 0 Å². The summed E-state index contributed by atoms with van der Waals surface area (Å²) in [5.41, 5.74) is 0. The summed E-state index contributed by atoms with van der Waals surface area (Å²) in [5, 5.41) is 3.25. The highest BCUT2D eigenvalue weighted by atomic mass is 32.2. The molecule has 0 fully saturated rings. The SMILES string of the molecule is CCNCC(C)COc1ccc(S(C)(=O)=O)cc1. The molecule has 102 valence electrons. The van der Waals surface area contributed by atoms with Gasteiger partial charge in [0.1, 0.15) is 5.75 Å². The Morgan fingerprint density at radius 2 is 1.89 bits per heavy atom. The number of hydrogen-bond donors (Lipinski definition) is 1. The molecule has 0 aromatic heterocycles. The second-order valence-corrected chi connectivity index (χ2v) is 6.48. The molecule has 1 aromatic rings. The summed E-state index contributed by atoms with van der Waals surface area (Å²) in [6.45, 7) is 6.65. The van der Waals surface area contributed by atoms with E-state index in [4.69, 9.17) is 4.74 Å². The van der Waals surface area contributed by atoms with Crippen molar-refractivity contribution in [2.24, 2.45) is 5.92 Å². The van der Waals surface area contributed by atoms with Crippen molar-refractivity contribution in [3.05, 3.63) is 24.3 Å². The quantitative estimate of drug-likeness (QED) is 0.820. The number of sulfone groups is 1. The normalized spacial score (nSPS) is 13.3. The maximum atomic E-state index is 11.3. The Kier molecular flexibility index (Phi) is 5.62. The van der Waals surface area contributed by atoms with E-state index in [9.17, 15) is 8.42 Å². The molecular formula is C13H21NO3S. The van der Waals surface area contributed by atoms with E-state index in [1.54, 1.807) is 24.3 Å². The maximum absolute atomic E-state index is 11.3. The third kappa shape index (κ3) is 5.06. The summed E-state index contributed by atoms with van der Waals surface area (Å²) >= 11 is 0. The molecule has 0 radical (unpaired) electrons. The van der Waals surface area contributed by atoms with Crippen molar-refractivity contribution in [2.45, 2.75) is 18.7 Å². The van der Waals surface area contributed by atoms with Gasteiger partial charge in [-0.05, 0) is 30.8 Å². The number of nitrogens with one attached hydrogen (secondary N) is 1. The minimum absolute atomic E-state index is 0.315. The largest absolute Gasteiger partial charge is 0.493 e. The average Bonchev–Trinajstić information content (AvgIpc) is 2.33. The van der Waals surface area contributed by atoms with Crippen LogP contribution in [0.2, 0.25) is 0 Å². The summed E-state index contributed by atoms with van der Waals surface area (Å²) in [4.78, 5) is 0.315. The zero-order valence-corrected chi connectivity index (χ0v) is 12.0. The maximum Gasteiger partial charge on any atom is 0.175 e. The third-order valence-corrected chi connectivity index (χ3v) is 3.66. The number of ether oxygens (including phenoxy) is 1. The Balaban J connectivity index is 2.49. The van der Waals surface area contributed by atoms with Crippen LogP contribution >= 0.6 is 0 Å². The molecule has 0 aliphatic carbocycles. The first-order chi connectivity index (χ1) is 8.43. The van der Waals surface area contributed by atoms with Gasteiger partial charge in [0.25, 0.3) is 0 Å². The zero-order valence-electron chi connectivity index (χ0n) is 11.1. The van der Waals surface area contributed by atoms with Gasteiger partial charge in [-0.25, -0.2) is 8.42 Å². The van der Waals surface area contributed by atoms with E-state index in [1.165, 1.54) is 6.26 Å². The van der Waals surface area contributed by atoms with Gasteiger partial charge in [-0.1, -0.05) is 13.8 Å². The van der Waals surface area contributed by atoms with Gasteiger partial charge in [-0.2, -0.15) is 0 Å². The second kappa shape index (κ2) is 6.75. The highest BCUT2D eigenvalue weighted by Crippen LogP contribution is 2.16. The molecule has 0 spiro atoms. The smallest absolute Gasteiger partial charge is 0.175 e. The molecule has 0 bridgehead atoms. The lowest BCUT2D eigenvalue weighted by atomic mass is 10.2. The van der Waals surface area contributed by atoms with Crippen molar-refractivity contribution < 1.29 is 13.2 Å². The Morgan fingerprint density at radius 1 is 1.28 bits per heavy atom. The summed E-state index contributed by atoms with van der Waals surface area (Å²) in [5.74, 6) is 1.12. The average molecular weight is 271 g/mol. The molecule has 0 aliphatic rings. The molecule has 0 aliphatic heterocycles. The monoisotopic (exact) mass is 271 g/mol. The van der Waals surface area contributed by atoms with Crippen LogP contribution in [0, 0.1) is 5.92 Å². The van der Waals surface area contributed by atoms with E-state index in [1.807, 2.05) is 0 Å². The molecule has 1 aromatic carbocycles. The topological polar surface area (TPSA) is 55.4 Å². The molecule has 1 N–H and O–H groups in total. The lowest BCUT2D eigenvalue weighted by Crippen LogP contribution is -2.24. The fraction of sp³-hybridized carbons (Fsp3) is 0.538. The lowest BCUT2D eigenvalue weighted by Gasteiger charge is -2.13. The lowest BCUT2D eigenvalue weighted by molar-refractivity contribution is 0.256. The van der Waals surface area contributed by atoms with Gasteiger partial charge in [0.15, 0.2) is 9.84 Å². The zero-order chi connectivity index (χ0) is 13.6. The van der Waals surface area contributed by atoms with Crippen molar-refractivity contribution in [3.8, 4) is 5.75 Å². The van der Waals surface area contributed by atoms with Gasteiger partial charge in [-0.15, -0.1) is 0 Å². The molecule has 18 heavy (non-hydrogen) atoms. The number of benzene rings is 1. The summed E-state index contributed by atoms with van der Waals surface area (Å²) in [6, 6.07) is 6.52. The van der Waals surface area contributed by atoms with E-state index in [0.29, 0.717) is 23.2 Å². The third-order valence-electron chi connectivity index (χ3n) is 2.53.